The molecule has 0 aromatic heterocycles. The molecule has 0 bridgehead atoms. The fourth-order valence-electron chi connectivity index (χ4n) is 2.03. The highest BCUT2D eigenvalue weighted by Gasteiger charge is 2.03. The molecule has 3 nitrogen and oxygen atoms in total. The van der Waals surface area contributed by atoms with Crippen LogP contribution in [0.25, 0.3) is 0 Å². The van der Waals surface area contributed by atoms with Gasteiger partial charge in [0, 0.05) is 10.1 Å². The third-order valence-electron chi connectivity index (χ3n) is 3.14. The summed E-state index contributed by atoms with van der Waals surface area (Å²) in [5.74, 6) is 0. The van der Waals surface area contributed by atoms with Crippen molar-refractivity contribution in [2.45, 2.75) is 19.3 Å². The largest absolute Gasteiger partial charge is 0.338 e. The van der Waals surface area contributed by atoms with Crippen LogP contribution in [0.3, 0.4) is 0 Å². The van der Waals surface area contributed by atoms with Crippen LogP contribution in [0, 0.1) is 3.57 Å². The number of anilines is 1. The maximum absolute atomic E-state index is 11.8. The van der Waals surface area contributed by atoms with E-state index in [1.165, 1.54) is 5.56 Å². The molecule has 0 aliphatic rings. The van der Waals surface area contributed by atoms with Crippen LogP contribution in [0.15, 0.2) is 54.6 Å². The predicted molar refractivity (Wildman–Crippen MR) is 95.6 cm³/mol. The topological polar surface area (TPSA) is 41.1 Å². The third-order valence-corrected chi connectivity index (χ3v) is 4.08. The standard InChI is InChI=1S/C17H19IN2O/c18-15-11-4-5-12-16(15)20-17(21)19-13-7-6-10-14-8-2-1-3-9-14/h1-5,8-9,11-12H,6-7,10,13H2,(H2,19,20,21). The van der Waals surface area contributed by atoms with Gasteiger partial charge < -0.3 is 10.6 Å². The molecular formula is C17H19IN2O. The van der Waals surface area contributed by atoms with Crippen LogP contribution < -0.4 is 10.6 Å². The zero-order valence-corrected chi connectivity index (χ0v) is 14.0. The average molecular weight is 394 g/mol. The van der Waals surface area contributed by atoms with Crippen LogP contribution in [0.1, 0.15) is 18.4 Å². The normalized spacial score (nSPS) is 10.1. The van der Waals surface area contributed by atoms with Crippen LogP contribution in [0.2, 0.25) is 0 Å². The lowest BCUT2D eigenvalue weighted by atomic mass is 10.1. The van der Waals surface area contributed by atoms with E-state index in [2.05, 4.69) is 57.5 Å². The van der Waals surface area contributed by atoms with E-state index in [1.54, 1.807) is 0 Å². The van der Waals surface area contributed by atoms with Crippen molar-refractivity contribution >= 4 is 34.3 Å². The van der Waals surface area contributed by atoms with Gasteiger partial charge in [-0.2, -0.15) is 0 Å². The molecule has 2 aromatic carbocycles. The summed E-state index contributed by atoms with van der Waals surface area (Å²) >= 11 is 2.21. The molecule has 0 heterocycles. The molecule has 2 rings (SSSR count). The molecule has 2 amide bonds. The summed E-state index contributed by atoms with van der Waals surface area (Å²) in [4.78, 5) is 11.8. The molecule has 0 aliphatic carbocycles. The molecule has 0 saturated heterocycles. The maximum atomic E-state index is 11.8. The third kappa shape index (κ3) is 5.75. The maximum Gasteiger partial charge on any atom is 0.319 e. The minimum Gasteiger partial charge on any atom is -0.338 e. The molecule has 110 valence electrons. The number of para-hydroxylation sites is 1. The Labute approximate surface area is 139 Å². The van der Waals surface area contributed by atoms with Gasteiger partial charge in [-0.25, -0.2) is 4.79 Å². The molecule has 2 aromatic rings. The zero-order valence-electron chi connectivity index (χ0n) is 11.8. The van der Waals surface area contributed by atoms with Crippen molar-refractivity contribution in [2.24, 2.45) is 0 Å². The minimum absolute atomic E-state index is 0.140. The first kappa shape index (κ1) is 15.8. The first-order chi connectivity index (χ1) is 10.3. The van der Waals surface area contributed by atoms with Crippen molar-refractivity contribution in [3.05, 3.63) is 63.7 Å². The second kappa shape index (κ2) is 8.67. The Morgan fingerprint density at radius 1 is 0.952 bits per heavy atom. The number of unbranched alkanes of at least 4 members (excludes halogenated alkanes) is 1. The number of amides is 2. The van der Waals surface area contributed by atoms with E-state index in [1.807, 2.05) is 30.3 Å². The Morgan fingerprint density at radius 3 is 2.43 bits per heavy atom. The minimum atomic E-state index is -0.140. The number of hydrogen-bond acceptors (Lipinski definition) is 1. The Balaban J connectivity index is 1.63. The zero-order chi connectivity index (χ0) is 14.9. The Morgan fingerprint density at radius 2 is 1.67 bits per heavy atom. The number of urea groups is 1. The number of hydrogen-bond donors (Lipinski definition) is 2. The Kier molecular flexibility index (Phi) is 6.53. The van der Waals surface area contributed by atoms with E-state index in [0.29, 0.717) is 6.54 Å². The van der Waals surface area contributed by atoms with Crippen LogP contribution >= 0.6 is 22.6 Å². The Bertz CT molecular complexity index is 572. The van der Waals surface area contributed by atoms with Gasteiger partial charge in [0.2, 0.25) is 0 Å². The van der Waals surface area contributed by atoms with Gasteiger partial charge >= 0.3 is 6.03 Å². The number of halogens is 1. The second-order valence-corrected chi connectivity index (χ2v) is 5.97. The van der Waals surface area contributed by atoms with Gasteiger partial charge in [0.15, 0.2) is 0 Å². The van der Waals surface area contributed by atoms with Crippen molar-refractivity contribution in [3.63, 3.8) is 0 Å². The van der Waals surface area contributed by atoms with E-state index in [4.69, 9.17) is 0 Å². The van der Waals surface area contributed by atoms with Crippen molar-refractivity contribution in [1.82, 2.24) is 5.32 Å². The molecule has 0 atom stereocenters. The van der Waals surface area contributed by atoms with Crippen molar-refractivity contribution in [2.75, 3.05) is 11.9 Å². The van der Waals surface area contributed by atoms with Crippen LogP contribution in [0.4, 0.5) is 10.5 Å². The molecule has 2 N–H and O–H groups in total. The summed E-state index contributed by atoms with van der Waals surface area (Å²) < 4.78 is 1.04. The summed E-state index contributed by atoms with van der Waals surface area (Å²) in [5.41, 5.74) is 2.20. The number of carbonyl (C=O) groups is 1. The number of nitrogens with one attached hydrogen (secondary N) is 2. The van der Waals surface area contributed by atoms with Crippen molar-refractivity contribution in [1.29, 1.82) is 0 Å². The Hall–Kier alpha value is -1.56. The monoisotopic (exact) mass is 394 g/mol. The second-order valence-electron chi connectivity index (χ2n) is 4.80. The van der Waals surface area contributed by atoms with Gasteiger partial charge in [-0.15, -0.1) is 0 Å². The van der Waals surface area contributed by atoms with Gasteiger partial charge in [0.05, 0.1) is 5.69 Å². The van der Waals surface area contributed by atoms with Gasteiger partial charge in [-0.05, 0) is 59.5 Å². The van der Waals surface area contributed by atoms with E-state index >= 15 is 0 Å². The molecule has 0 saturated carbocycles. The lowest BCUT2D eigenvalue weighted by Gasteiger charge is -2.09. The molecule has 0 fully saturated rings. The van der Waals surface area contributed by atoms with Gasteiger partial charge in [0.1, 0.15) is 0 Å². The fourth-order valence-corrected chi connectivity index (χ4v) is 2.55. The van der Waals surface area contributed by atoms with Gasteiger partial charge in [0.25, 0.3) is 0 Å². The van der Waals surface area contributed by atoms with E-state index in [9.17, 15) is 4.79 Å². The summed E-state index contributed by atoms with van der Waals surface area (Å²) in [6.45, 7) is 0.697. The fraction of sp³-hybridized carbons (Fsp3) is 0.235. The van der Waals surface area contributed by atoms with Crippen LogP contribution in [-0.4, -0.2) is 12.6 Å². The molecule has 0 unspecified atom stereocenters. The van der Waals surface area contributed by atoms with E-state index in [0.717, 1.165) is 28.5 Å². The SMILES string of the molecule is O=C(NCCCCc1ccccc1)Nc1ccccc1I. The summed E-state index contributed by atoms with van der Waals surface area (Å²) in [6.07, 6.45) is 3.11. The number of carbonyl (C=O) groups excluding carboxylic acids is 1. The first-order valence-electron chi connectivity index (χ1n) is 7.09. The lowest BCUT2D eigenvalue weighted by Crippen LogP contribution is -2.29. The number of benzene rings is 2. The molecule has 0 spiro atoms. The summed E-state index contributed by atoms with van der Waals surface area (Å²) in [7, 11) is 0. The van der Waals surface area contributed by atoms with Crippen molar-refractivity contribution in [3.8, 4) is 0 Å². The quantitative estimate of drug-likeness (QED) is 0.552. The highest BCUT2D eigenvalue weighted by molar-refractivity contribution is 14.1. The van der Waals surface area contributed by atoms with Gasteiger partial charge in [-0.3, -0.25) is 0 Å². The molecular weight excluding hydrogens is 375 g/mol. The van der Waals surface area contributed by atoms with Crippen LogP contribution in [-0.2, 0) is 6.42 Å². The average Bonchev–Trinajstić information content (AvgIpc) is 2.50. The molecule has 0 aliphatic heterocycles. The van der Waals surface area contributed by atoms with Crippen molar-refractivity contribution < 1.29 is 4.79 Å². The number of rotatable bonds is 6. The van der Waals surface area contributed by atoms with Crippen LogP contribution in [0.5, 0.6) is 0 Å². The smallest absolute Gasteiger partial charge is 0.319 e. The summed E-state index contributed by atoms with van der Waals surface area (Å²) in [6, 6.07) is 18.0. The molecule has 0 radical (unpaired) electrons. The molecule has 21 heavy (non-hydrogen) atoms. The predicted octanol–water partition coefficient (Wildman–Crippen LogP) is 4.44. The van der Waals surface area contributed by atoms with E-state index in [-0.39, 0.29) is 6.03 Å². The number of aryl methyl sites for hydroxylation is 1. The first-order valence-corrected chi connectivity index (χ1v) is 8.17. The lowest BCUT2D eigenvalue weighted by molar-refractivity contribution is 0.252. The summed E-state index contributed by atoms with van der Waals surface area (Å²) in [5, 5.41) is 5.75. The van der Waals surface area contributed by atoms with E-state index < -0.39 is 0 Å². The highest BCUT2D eigenvalue weighted by atomic mass is 127. The molecule has 4 heteroatoms. The van der Waals surface area contributed by atoms with Gasteiger partial charge in [-0.1, -0.05) is 42.5 Å². The highest BCUT2D eigenvalue weighted by Crippen LogP contribution is 2.16.